The molecule has 1 aliphatic rings. The van der Waals surface area contributed by atoms with Crippen molar-refractivity contribution < 1.29 is 19.4 Å². The van der Waals surface area contributed by atoms with Crippen LogP contribution in [0, 0.1) is 12.3 Å². The number of carbonyl (C=O) groups excluding carboxylic acids is 1. The Labute approximate surface area is 150 Å². The summed E-state index contributed by atoms with van der Waals surface area (Å²) in [4.78, 5) is 26.3. The molecule has 25 heavy (non-hydrogen) atoms. The van der Waals surface area contributed by atoms with Gasteiger partial charge in [-0.05, 0) is 50.2 Å². The maximum atomic E-state index is 12.6. The van der Waals surface area contributed by atoms with Gasteiger partial charge >= 0.3 is 5.97 Å². The Morgan fingerprint density at radius 3 is 2.76 bits per heavy atom. The zero-order valence-corrected chi connectivity index (χ0v) is 15.3. The van der Waals surface area contributed by atoms with E-state index in [2.05, 4.69) is 0 Å². The molecule has 1 aromatic carbocycles. The summed E-state index contributed by atoms with van der Waals surface area (Å²) >= 11 is 0. The Balaban J connectivity index is 1.97. The van der Waals surface area contributed by atoms with Crippen molar-refractivity contribution in [3.05, 3.63) is 35.4 Å². The first-order valence-electron chi connectivity index (χ1n) is 9.03. The topological polar surface area (TPSA) is 66.8 Å². The average Bonchev–Trinajstić information content (AvgIpc) is 2.61. The van der Waals surface area contributed by atoms with Crippen molar-refractivity contribution in [1.29, 1.82) is 0 Å². The summed E-state index contributed by atoms with van der Waals surface area (Å²) in [5.74, 6) is -0.736. The quantitative estimate of drug-likeness (QED) is 0.734. The highest BCUT2D eigenvalue weighted by molar-refractivity contribution is 5.80. The van der Waals surface area contributed by atoms with Gasteiger partial charge in [0.2, 0.25) is 5.91 Å². The standard InChI is InChI=1S/C20H29NO4/c1-16-7-3-4-8-17(16)9-10-18(22)21-13-5-11-20(15-21,19(23)24)12-6-14-25-2/h3-4,7-8H,5-6,9-15H2,1-2H3,(H,23,24)/t20-/m1/s1. The van der Waals surface area contributed by atoms with Crippen molar-refractivity contribution in [2.75, 3.05) is 26.8 Å². The van der Waals surface area contributed by atoms with E-state index in [-0.39, 0.29) is 5.91 Å². The van der Waals surface area contributed by atoms with E-state index in [1.165, 1.54) is 11.1 Å². The Bertz CT molecular complexity index is 601. The number of amides is 1. The van der Waals surface area contributed by atoms with Gasteiger partial charge in [0.25, 0.3) is 0 Å². The molecule has 0 saturated carbocycles. The van der Waals surface area contributed by atoms with Crippen LogP contribution in [0.5, 0.6) is 0 Å². The number of benzene rings is 1. The molecule has 1 N–H and O–H groups in total. The fourth-order valence-electron chi connectivity index (χ4n) is 3.68. The van der Waals surface area contributed by atoms with Crippen LogP contribution < -0.4 is 0 Å². The van der Waals surface area contributed by atoms with Crippen LogP contribution in [-0.4, -0.2) is 48.7 Å². The van der Waals surface area contributed by atoms with E-state index in [1.54, 1.807) is 12.0 Å². The number of carboxylic acids is 1. The molecule has 5 heteroatoms. The van der Waals surface area contributed by atoms with E-state index >= 15 is 0 Å². The number of nitrogens with zero attached hydrogens (tertiary/aromatic N) is 1. The molecule has 0 aliphatic carbocycles. The van der Waals surface area contributed by atoms with Crippen molar-refractivity contribution in [1.82, 2.24) is 4.90 Å². The summed E-state index contributed by atoms with van der Waals surface area (Å²) in [7, 11) is 1.62. The van der Waals surface area contributed by atoms with Gasteiger partial charge in [0.15, 0.2) is 0 Å². The number of hydrogen-bond donors (Lipinski definition) is 1. The minimum atomic E-state index is -0.824. The highest BCUT2D eigenvalue weighted by Gasteiger charge is 2.42. The van der Waals surface area contributed by atoms with Crippen LogP contribution in [0.25, 0.3) is 0 Å². The molecule has 0 unspecified atom stereocenters. The van der Waals surface area contributed by atoms with Gasteiger partial charge in [0.1, 0.15) is 0 Å². The van der Waals surface area contributed by atoms with Gasteiger partial charge in [0.05, 0.1) is 5.41 Å². The number of piperidine rings is 1. The van der Waals surface area contributed by atoms with Crippen molar-refractivity contribution in [2.24, 2.45) is 5.41 Å². The van der Waals surface area contributed by atoms with Crippen LogP contribution in [0.4, 0.5) is 0 Å². The monoisotopic (exact) mass is 347 g/mol. The van der Waals surface area contributed by atoms with E-state index in [0.29, 0.717) is 51.8 Å². The largest absolute Gasteiger partial charge is 0.481 e. The predicted octanol–water partition coefficient (Wildman–Crippen LogP) is 3.05. The second-order valence-electron chi connectivity index (χ2n) is 7.03. The van der Waals surface area contributed by atoms with E-state index in [9.17, 15) is 14.7 Å². The lowest BCUT2D eigenvalue weighted by Crippen LogP contribution is -2.50. The molecule has 0 bridgehead atoms. The average molecular weight is 347 g/mol. The molecular formula is C20H29NO4. The summed E-state index contributed by atoms with van der Waals surface area (Å²) in [6.45, 7) is 3.58. The number of hydrogen-bond acceptors (Lipinski definition) is 3. The molecule has 1 aromatic rings. The van der Waals surface area contributed by atoms with Gasteiger partial charge in [-0.2, -0.15) is 0 Å². The van der Waals surface area contributed by atoms with Crippen molar-refractivity contribution in [2.45, 2.75) is 45.4 Å². The molecule has 1 fully saturated rings. The molecule has 1 saturated heterocycles. The Kier molecular flexibility index (Phi) is 7.00. The van der Waals surface area contributed by atoms with Gasteiger partial charge in [-0.15, -0.1) is 0 Å². The first kappa shape index (κ1) is 19.4. The molecule has 5 nitrogen and oxygen atoms in total. The molecule has 0 radical (unpaired) electrons. The molecule has 1 amide bonds. The number of carboxylic acid groups (broad SMARTS) is 1. The second-order valence-corrected chi connectivity index (χ2v) is 7.03. The third kappa shape index (κ3) is 5.05. The van der Waals surface area contributed by atoms with Crippen LogP contribution in [0.15, 0.2) is 24.3 Å². The van der Waals surface area contributed by atoms with Gasteiger partial charge in [-0.1, -0.05) is 24.3 Å². The number of aryl methyl sites for hydroxylation is 2. The lowest BCUT2D eigenvalue weighted by molar-refractivity contribution is -0.155. The van der Waals surface area contributed by atoms with Gasteiger partial charge in [-0.3, -0.25) is 9.59 Å². The van der Waals surface area contributed by atoms with Crippen LogP contribution in [0.1, 0.15) is 43.2 Å². The van der Waals surface area contributed by atoms with Crippen LogP contribution in [0.2, 0.25) is 0 Å². The number of rotatable bonds is 8. The first-order chi connectivity index (χ1) is 12.0. The summed E-state index contributed by atoms with van der Waals surface area (Å²) in [6.07, 6.45) is 3.76. The van der Waals surface area contributed by atoms with Crippen molar-refractivity contribution in [3.8, 4) is 0 Å². The smallest absolute Gasteiger partial charge is 0.311 e. The summed E-state index contributed by atoms with van der Waals surface area (Å²) in [5, 5.41) is 9.75. The summed E-state index contributed by atoms with van der Waals surface area (Å²) < 4.78 is 5.06. The number of methoxy groups -OCH3 is 1. The predicted molar refractivity (Wildman–Crippen MR) is 96.5 cm³/mol. The minimum Gasteiger partial charge on any atom is -0.481 e. The zero-order valence-electron chi connectivity index (χ0n) is 15.3. The maximum Gasteiger partial charge on any atom is 0.311 e. The molecule has 1 aliphatic heterocycles. The number of likely N-dealkylation sites (tertiary alicyclic amines) is 1. The number of ether oxygens (including phenoxy) is 1. The van der Waals surface area contributed by atoms with Crippen LogP contribution >= 0.6 is 0 Å². The summed E-state index contributed by atoms with van der Waals surface area (Å²) in [5.41, 5.74) is 1.54. The fourth-order valence-corrected chi connectivity index (χ4v) is 3.68. The maximum absolute atomic E-state index is 12.6. The van der Waals surface area contributed by atoms with Gasteiger partial charge in [-0.25, -0.2) is 0 Å². The zero-order chi connectivity index (χ0) is 18.3. The van der Waals surface area contributed by atoms with Gasteiger partial charge < -0.3 is 14.7 Å². The molecule has 138 valence electrons. The van der Waals surface area contributed by atoms with E-state index < -0.39 is 11.4 Å². The highest BCUT2D eigenvalue weighted by Crippen LogP contribution is 2.35. The lowest BCUT2D eigenvalue weighted by atomic mass is 9.76. The second kappa shape index (κ2) is 8.99. The molecule has 0 spiro atoms. The Morgan fingerprint density at radius 2 is 2.08 bits per heavy atom. The van der Waals surface area contributed by atoms with Crippen molar-refractivity contribution in [3.63, 3.8) is 0 Å². The Morgan fingerprint density at radius 1 is 1.32 bits per heavy atom. The molecular weight excluding hydrogens is 318 g/mol. The highest BCUT2D eigenvalue weighted by atomic mass is 16.5. The van der Waals surface area contributed by atoms with Crippen molar-refractivity contribution >= 4 is 11.9 Å². The number of aliphatic carboxylic acids is 1. The Hall–Kier alpha value is -1.88. The number of carbonyl (C=O) groups is 2. The van der Waals surface area contributed by atoms with Crippen LogP contribution in [0.3, 0.4) is 0 Å². The van der Waals surface area contributed by atoms with Crippen LogP contribution in [-0.2, 0) is 20.7 Å². The third-order valence-corrected chi connectivity index (χ3v) is 5.26. The third-order valence-electron chi connectivity index (χ3n) is 5.26. The molecule has 2 rings (SSSR count). The molecule has 0 aromatic heterocycles. The van der Waals surface area contributed by atoms with E-state index in [0.717, 1.165) is 6.42 Å². The SMILES string of the molecule is COCCC[C@]1(C(=O)O)CCCN(C(=O)CCc2ccccc2C)C1. The molecule has 1 heterocycles. The van der Waals surface area contributed by atoms with E-state index in [4.69, 9.17) is 4.74 Å². The summed E-state index contributed by atoms with van der Waals surface area (Å²) in [6, 6.07) is 8.07. The van der Waals surface area contributed by atoms with E-state index in [1.807, 2.05) is 31.2 Å². The first-order valence-corrected chi connectivity index (χ1v) is 9.03. The minimum absolute atomic E-state index is 0.0559. The lowest BCUT2D eigenvalue weighted by Gasteiger charge is -2.40. The van der Waals surface area contributed by atoms with Gasteiger partial charge in [0, 0.05) is 33.2 Å². The molecule has 1 atom stereocenters. The fraction of sp³-hybridized carbons (Fsp3) is 0.600. The normalized spacial score (nSPS) is 20.5.